The maximum atomic E-state index is 11.6. The van der Waals surface area contributed by atoms with E-state index in [0.29, 0.717) is 13.0 Å². The highest BCUT2D eigenvalue weighted by Crippen LogP contribution is 2.33. The molecule has 1 aromatic rings. The third-order valence-electron chi connectivity index (χ3n) is 3.48. The first-order valence-electron chi connectivity index (χ1n) is 7.24. The van der Waals surface area contributed by atoms with E-state index in [1.54, 1.807) is 0 Å². The van der Waals surface area contributed by atoms with Gasteiger partial charge in [0.2, 0.25) is 0 Å². The summed E-state index contributed by atoms with van der Waals surface area (Å²) in [5, 5.41) is 3.34. The van der Waals surface area contributed by atoms with Gasteiger partial charge in [-0.3, -0.25) is 0 Å². The van der Waals surface area contributed by atoms with Gasteiger partial charge in [-0.25, -0.2) is 8.42 Å². The second kappa shape index (κ2) is 7.11. The maximum Gasteiger partial charge on any atom is 0.148 e. The lowest BCUT2D eigenvalue weighted by Crippen LogP contribution is -2.37. The molecule has 0 spiro atoms. The van der Waals surface area contributed by atoms with E-state index < -0.39 is 9.84 Å². The van der Waals surface area contributed by atoms with Crippen molar-refractivity contribution in [2.24, 2.45) is 0 Å². The van der Waals surface area contributed by atoms with E-state index in [9.17, 15) is 8.42 Å². The van der Waals surface area contributed by atoms with Crippen LogP contribution in [0.1, 0.15) is 24.5 Å². The van der Waals surface area contributed by atoms with Crippen molar-refractivity contribution in [1.82, 2.24) is 5.32 Å². The summed E-state index contributed by atoms with van der Waals surface area (Å²) in [7, 11) is -3.01. The van der Waals surface area contributed by atoms with Gasteiger partial charge in [0.15, 0.2) is 0 Å². The molecule has 1 aromatic carbocycles. The fraction of sp³-hybridized carbons (Fsp3) is 0.600. The Balaban J connectivity index is 2.20. The molecule has 0 aromatic heterocycles. The molecule has 2 rings (SSSR count). The molecule has 1 N–H and O–H groups in total. The van der Waals surface area contributed by atoms with E-state index >= 15 is 0 Å². The molecular weight excluding hydrogens is 354 g/mol. The maximum absolute atomic E-state index is 11.6. The Morgan fingerprint density at radius 1 is 1.43 bits per heavy atom. The summed E-state index contributed by atoms with van der Waals surface area (Å²) in [6, 6.07) is 4.03. The predicted molar refractivity (Wildman–Crippen MR) is 88.8 cm³/mol. The average Bonchev–Trinajstić information content (AvgIpc) is 2.82. The fourth-order valence-electron chi connectivity index (χ4n) is 2.67. The summed E-state index contributed by atoms with van der Waals surface area (Å²) >= 11 is 3.53. The Hall–Kier alpha value is -0.590. The molecule has 1 atom stereocenters. The molecule has 6 heteroatoms. The smallest absolute Gasteiger partial charge is 0.148 e. The Bertz CT molecular complexity index is 601. The van der Waals surface area contributed by atoms with Crippen molar-refractivity contribution in [1.29, 1.82) is 0 Å². The molecule has 0 saturated carbocycles. The Morgan fingerprint density at radius 3 is 2.86 bits per heavy atom. The summed E-state index contributed by atoms with van der Waals surface area (Å²) < 4.78 is 30.0. The number of nitrogens with one attached hydrogen (secondary N) is 1. The largest absolute Gasteiger partial charge is 0.493 e. The number of sulfone groups is 1. The number of ether oxygens (including phenoxy) is 1. The lowest BCUT2D eigenvalue weighted by atomic mass is 10.0. The Morgan fingerprint density at radius 2 is 2.19 bits per heavy atom. The first kappa shape index (κ1) is 16.8. The van der Waals surface area contributed by atoms with Gasteiger partial charge in [-0.1, -0.05) is 22.9 Å². The standard InChI is InChI=1S/C15H22BrNO3S/c1-3-5-17-14(10-21(2,18)19)9-12-8-13(16)7-11-4-6-20-15(11)12/h7-8,14,17H,3-6,9-10H2,1-2H3. The quantitative estimate of drug-likeness (QED) is 0.794. The van der Waals surface area contributed by atoms with Crippen LogP contribution in [0.5, 0.6) is 5.75 Å². The molecule has 1 aliphatic rings. The lowest BCUT2D eigenvalue weighted by molar-refractivity contribution is 0.352. The number of hydrogen-bond donors (Lipinski definition) is 1. The van der Waals surface area contributed by atoms with Crippen molar-refractivity contribution in [2.75, 3.05) is 25.2 Å². The fourth-order valence-corrected chi connectivity index (χ4v) is 4.19. The molecule has 0 aliphatic carbocycles. The van der Waals surface area contributed by atoms with Crippen LogP contribution in [0.3, 0.4) is 0 Å². The van der Waals surface area contributed by atoms with Crippen molar-refractivity contribution < 1.29 is 13.2 Å². The lowest BCUT2D eigenvalue weighted by Gasteiger charge is -2.19. The minimum Gasteiger partial charge on any atom is -0.493 e. The summed E-state index contributed by atoms with van der Waals surface area (Å²) in [5.74, 6) is 1.09. The third-order valence-corrected chi connectivity index (χ3v) is 4.94. The van der Waals surface area contributed by atoms with Crippen LogP contribution < -0.4 is 10.1 Å². The van der Waals surface area contributed by atoms with Crippen LogP contribution in [0.4, 0.5) is 0 Å². The minimum atomic E-state index is -3.01. The minimum absolute atomic E-state index is 0.0810. The topological polar surface area (TPSA) is 55.4 Å². The van der Waals surface area contributed by atoms with Crippen molar-refractivity contribution in [2.45, 2.75) is 32.2 Å². The van der Waals surface area contributed by atoms with Gasteiger partial charge in [0.25, 0.3) is 0 Å². The highest BCUT2D eigenvalue weighted by atomic mass is 79.9. The van der Waals surface area contributed by atoms with Crippen LogP contribution in [-0.4, -0.2) is 39.6 Å². The molecule has 1 heterocycles. The summed E-state index contributed by atoms with van der Waals surface area (Å²) in [5.41, 5.74) is 2.28. The molecule has 1 aliphatic heterocycles. The summed E-state index contributed by atoms with van der Waals surface area (Å²) in [6.07, 6.45) is 3.85. The van der Waals surface area contributed by atoms with Crippen molar-refractivity contribution in [3.05, 3.63) is 27.7 Å². The Kier molecular flexibility index (Phi) is 5.68. The molecule has 0 bridgehead atoms. The summed E-state index contributed by atoms with van der Waals surface area (Å²) in [4.78, 5) is 0. The molecule has 0 radical (unpaired) electrons. The second-order valence-electron chi connectivity index (χ2n) is 5.60. The normalized spacial score (nSPS) is 15.6. The first-order valence-corrected chi connectivity index (χ1v) is 10.1. The van der Waals surface area contributed by atoms with Crippen LogP contribution in [0.25, 0.3) is 0 Å². The molecular formula is C15H22BrNO3S. The van der Waals surface area contributed by atoms with Crippen LogP contribution in [0, 0.1) is 0 Å². The van der Waals surface area contributed by atoms with Crippen molar-refractivity contribution >= 4 is 25.8 Å². The predicted octanol–water partition coefficient (Wildman–Crippen LogP) is 2.34. The SMILES string of the molecule is CCCNC(Cc1cc(Br)cc2c1OCC2)CS(C)(=O)=O. The van der Waals surface area contributed by atoms with E-state index in [1.807, 2.05) is 6.07 Å². The van der Waals surface area contributed by atoms with Gasteiger partial charge >= 0.3 is 0 Å². The average molecular weight is 376 g/mol. The van der Waals surface area contributed by atoms with E-state index in [-0.39, 0.29) is 11.8 Å². The highest BCUT2D eigenvalue weighted by Gasteiger charge is 2.22. The van der Waals surface area contributed by atoms with Gasteiger partial charge in [0, 0.05) is 23.2 Å². The van der Waals surface area contributed by atoms with E-state index in [0.717, 1.165) is 35.2 Å². The van der Waals surface area contributed by atoms with Gasteiger partial charge < -0.3 is 10.1 Å². The third kappa shape index (κ3) is 4.97. The zero-order chi connectivity index (χ0) is 15.5. The van der Waals surface area contributed by atoms with Gasteiger partial charge in [0.05, 0.1) is 12.4 Å². The number of rotatable bonds is 7. The number of hydrogen-bond acceptors (Lipinski definition) is 4. The zero-order valence-corrected chi connectivity index (χ0v) is 14.9. The van der Waals surface area contributed by atoms with Crippen LogP contribution in [0.2, 0.25) is 0 Å². The summed E-state index contributed by atoms with van der Waals surface area (Å²) in [6.45, 7) is 3.60. The van der Waals surface area contributed by atoms with Gasteiger partial charge in [-0.05, 0) is 42.6 Å². The van der Waals surface area contributed by atoms with E-state index in [2.05, 4.69) is 34.2 Å². The van der Waals surface area contributed by atoms with Crippen molar-refractivity contribution in [3.63, 3.8) is 0 Å². The first-order chi connectivity index (χ1) is 9.89. The number of fused-ring (bicyclic) bond motifs is 1. The van der Waals surface area contributed by atoms with Crippen LogP contribution in [0.15, 0.2) is 16.6 Å². The molecule has 0 saturated heterocycles. The van der Waals surface area contributed by atoms with Gasteiger partial charge in [0.1, 0.15) is 15.6 Å². The molecule has 4 nitrogen and oxygen atoms in total. The number of benzene rings is 1. The zero-order valence-electron chi connectivity index (χ0n) is 12.5. The molecule has 118 valence electrons. The number of halogens is 1. The van der Waals surface area contributed by atoms with Crippen molar-refractivity contribution in [3.8, 4) is 5.75 Å². The molecule has 0 amide bonds. The molecule has 0 fully saturated rings. The van der Waals surface area contributed by atoms with Gasteiger partial charge in [-0.2, -0.15) is 0 Å². The van der Waals surface area contributed by atoms with Crippen LogP contribution in [-0.2, 0) is 22.7 Å². The molecule has 1 unspecified atom stereocenters. The highest BCUT2D eigenvalue weighted by molar-refractivity contribution is 9.10. The molecule has 21 heavy (non-hydrogen) atoms. The van der Waals surface area contributed by atoms with Crippen LogP contribution >= 0.6 is 15.9 Å². The van der Waals surface area contributed by atoms with E-state index in [1.165, 1.54) is 11.8 Å². The monoisotopic (exact) mass is 375 g/mol. The van der Waals surface area contributed by atoms with Gasteiger partial charge in [-0.15, -0.1) is 0 Å². The Labute approximate surface area is 135 Å². The second-order valence-corrected chi connectivity index (χ2v) is 8.70. The van der Waals surface area contributed by atoms with E-state index in [4.69, 9.17) is 4.74 Å².